The van der Waals surface area contributed by atoms with Crippen LogP contribution in [-0.2, 0) is 40.3 Å². The predicted molar refractivity (Wildman–Crippen MR) is 242 cm³/mol. The number of pyridine rings is 1. The number of hydrogen-bond donors (Lipinski definition) is 3. The predicted octanol–water partition coefficient (Wildman–Crippen LogP) is 2.61. The molecular weight excluding hydrogens is 1040 g/mol. The molecule has 16 nitrogen and oxygen atoms in total. The van der Waals surface area contributed by atoms with Gasteiger partial charge in [0.2, 0.25) is 0 Å². The second-order valence-electron chi connectivity index (χ2n) is 20.1. The number of amides is 4. The third-order valence-corrected chi connectivity index (χ3v) is 21.1. The monoisotopic (exact) mass is 1100 g/mol. The van der Waals surface area contributed by atoms with E-state index in [1.165, 1.54) is 4.90 Å². The van der Waals surface area contributed by atoms with Crippen molar-refractivity contribution in [3.05, 3.63) is 42.5 Å². The minimum atomic E-state index is -4.69. The average molecular weight is 1100 g/mol. The summed E-state index contributed by atoms with van der Waals surface area (Å²) in [5.41, 5.74) is 1.34. The van der Waals surface area contributed by atoms with E-state index in [0.717, 1.165) is 62.3 Å². The van der Waals surface area contributed by atoms with Crippen molar-refractivity contribution in [1.29, 1.82) is 0 Å². The van der Waals surface area contributed by atoms with Crippen LogP contribution in [-0.4, -0.2) is 129 Å². The van der Waals surface area contributed by atoms with Crippen LogP contribution in [0.25, 0.3) is 10.9 Å². The third kappa shape index (κ3) is 11.4. The van der Waals surface area contributed by atoms with Gasteiger partial charge in [-0.2, -0.15) is 0 Å². The number of ether oxygens (including phenoxy) is 4. The normalized spacial score (nSPS) is 30.4. The molecule has 3 N–H and O–H groups in total. The van der Waals surface area contributed by atoms with E-state index in [0.29, 0.717) is 75.2 Å². The van der Waals surface area contributed by atoms with Gasteiger partial charge < -0.3 is 4.90 Å². The molecule has 7 atom stereocenters. The van der Waals surface area contributed by atoms with Crippen LogP contribution in [0.4, 0.5) is 18.0 Å². The van der Waals surface area contributed by atoms with Gasteiger partial charge in [0.05, 0.1) is 6.61 Å². The molecule has 4 aliphatic heterocycles. The Hall–Kier alpha value is -3.96. The Bertz CT molecular complexity index is 2400. The first-order valence-electron chi connectivity index (χ1n) is 24.6. The number of carbonyl (C=O) groups is 4. The summed E-state index contributed by atoms with van der Waals surface area (Å²) in [5.74, 6) is -1.05. The summed E-state index contributed by atoms with van der Waals surface area (Å²) < 4.78 is 87.6. The second kappa shape index (κ2) is 20.3. The maximum atomic E-state index is 15.2. The number of benzene rings is 1. The first-order chi connectivity index (χ1) is 33.0. The van der Waals surface area contributed by atoms with Crippen LogP contribution in [0.3, 0.4) is 0 Å². The summed E-state index contributed by atoms with van der Waals surface area (Å²) in [7, 11) is -4.03. The number of piperidine rings is 1. The maximum absolute atomic E-state index is 15.2. The zero-order chi connectivity index (χ0) is 48.7. The van der Waals surface area contributed by atoms with Crippen molar-refractivity contribution in [2.45, 2.75) is 159 Å². The molecular formula is C48H63F3IN6O10S-. The Balaban J connectivity index is 1.03. The summed E-state index contributed by atoms with van der Waals surface area (Å²) in [5, 5.41) is 6.63. The van der Waals surface area contributed by atoms with Gasteiger partial charge in [0, 0.05) is 19.6 Å². The van der Waals surface area contributed by atoms with Crippen molar-refractivity contribution >= 4 is 44.7 Å². The molecule has 6 fully saturated rings. The first kappa shape index (κ1) is 50.0. The summed E-state index contributed by atoms with van der Waals surface area (Å²) in [6.07, 6.45) is 5.59. The van der Waals surface area contributed by atoms with E-state index in [2.05, 4.69) is 26.7 Å². The van der Waals surface area contributed by atoms with Gasteiger partial charge in [0.25, 0.3) is 0 Å². The van der Waals surface area contributed by atoms with E-state index in [-0.39, 0.29) is 43.6 Å². The van der Waals surface area contributed by atoms with Crippen molar-refractivity contribution in [3.63, 3.8) is 0 Å². The standard InChI is InChI=1S/C48H63F3IN6O10S/c1-3-38-47(52-38,44(61)56-69(63,64)46(2)20-21-46)55-41(59)36-27-32-28-58(36)43(60)39(29-12-6-4-7-13-29)54-45(62)68-37-26-30(37)14-8-5-9-16-34-40(33-15-10-11-17-35(33)53-42(34)67-32)66-31-18-22-57(23-19-31)24-25-65-48(49,50)51/h3,10-11,15,17,29-32,36-39H,1,4-9,12-14,16,18-28H2,2H3,(H,54,62)(H,55,59)(H,56,61)/q-1/t30-,32-,36+,37-,38?,39+,47?/m1/s1. The van der Waals surface area contributed by atoms with Crippen molar-refractivity contribution in [3.8, 4) is 11.6 Å². The molecule has 3 saturated heterocycles. The Kier molecular flexibility index (Phi) is 14.7. The third-order valence-electron chi connectivity index (χ3n) is 15.1. The van der Waals surface area contributed by atoms with Gasteiger partial charge in [-0.1, -0.05) is 12.5 Å². The molecule has 2 unspecified atom stereocenters. The molecule has 1 aromatic heterocycles. The van der Waals surface area contributed by atoms with Crippen LogP contribution >= 0.6 is 0 Å². The number of nitrogens with one attached hydrogen (secondary N) is 3. The number of hydrogen-bond acceptors (Lipinski definition) is 12. The molecule has 3 saturated carbocycles. The molecule has 5 heterocycles. The Morgan fingerprint density at radius 2 is 1.71 bits per heavy atom. The van der Waals surface area contributed by atoms with Crippen LogP contribution in [0.1, 0.15) is 109 Å². The van der Waals surface area contributed by atoms with Crippen molar-refractivity contribution in [1.82, 2.24) is 30.1 Å². The number of fused-ring (bicyclic) bond motifs is 5. The molecule has 2 aromatic rings. The number of halogens is 4. The number of aromatic nitrogens is 1. The van der Waals surface area contributed by atoms with Crippen molar-refractivity contribution in [2.75, 3.05) is 32.8 Å². The van der Waals surface area contributed by atoms with Gasteiger partial charge in [-0.3, -0.25) is 4.74 Å². The van der Waals surface area contributed by atoms with Crippen LogP contribution in [0.5, 0.6) is 11.6 Å². The zero-order valence-electron chi connectivity index (χ0n) is 38.9. The molecule has 69 heavy (non-hydrogen) atoms. The summed E-state index contributed by atoms with van der Waals surface area (Å²) in [6.45, 7) is 6.10. The number of alkyl halides is 5. The quantitative estimate of drug-likeness (QED) is 0.122. The van der Waals surface area contributed by atoms with Gasteiger partial charge in [-0.15, -0.1) is 13.2 Å². The molecule has 9 rings (SSSR count). The number of nitrogens with zero attached hydrogens (tertiary/aromatic N) is 3. The molecule has 7 aliphatic rings. The van der Waals surface area contributed by atoms with Crippen molar-refractivity contribution < 1.29 is 80.9 Å². The van der Waals surface area contributed by atoms with E-state index in [9.17, 15) is 36.0 Å². The van der Waals surface area contributed by atoms with E-state index in [4.69, 9.17) is 19.2 Å². The average Bonchev–Trinajstić information content (AvgIpc) is 4.28. The van der Waals surface area contributed by atoms with Crippen LogP contribution in [0.15, 0.2) is 36.9 Å². The van der Waals surface area contributed by atoms with Gasteiger partial charge in [0.1, 0.15) is 0 Å². The fourth-order valence-corrected chi connectivity index (χ4v) is 14.6. The number of sulfonamides is 1. The van der Waals surface area contributed by atoms with Crippen LogP contribution in [0.2, 0.25) is 0 Å². The fraction of sp³-hybridized carbons (Fsp3) is 0.688. The van der Waals surface area contributed by atoms with Crippen molar-refractivity contribution in [2.24, 2.45) is 11.8 Å². The second-order valence-corrected chi connectivity index (χ2v) is 25.9. The molecule has 3 aliphatic carbocycles. The summed E-state index contributed by atoms with van der Waals surface area (Å²) >= 11 is -1.12. The van der Waals surface area contributed by atoms with E-state index >= 15 is 4.79 Å². The summed E-state index contributed by atoms with van der Waals surface area (Å²) in [4.78, 5) is 66.0. The van der Waals surface area contributed by atoms with Gasteiger partial charge >= 0.3 is 332 Å². The van der Waals surface area contributed by atoms with Gasteiger partial charge in [0.15, 0.2) is 0 Å². The zero-order valence-corrected chi connectivity index (χ0v) is 41.9. The Labute approximate surface area is 411 Å². The fourth-order valence-electron chi connectivity index (χ4n) is 10.5. The topological polar surface area (TPSA) is 195 Å². The minimum absolute atomic E-state index is 0.00500. The summed E-state index contributed by atoms with van der Waals surface area (Å²) in [6, 6.07) is 5.38. The van der Waals surface area contributed by atoms with E-state index in [1.807, 2.05) is 29.2 Å². The molecule has 4 amide bonds. The van der Waals surface area contributed by atoms with Gasteiger partial charge in [-0.05, 0) is 19.3 Å². The molecule has 0 spiro atoms. The molecule has 2 bridgehead atoms. The number of carbonyl (C=O) groups excluding carboxylic acids is 4. The molecule has 1 aromatic carbocycles. The SMILES string of the molecule is C=CC1[I-]C1(NC(=O)[C@@H]1C[C@@H]2CN1C(=O)[C@H](C1CCCCC1)NC(=O)O[C@@H]1C[C@H]1CCCCCc1c(nc3ccccc3c1OC1CCN(CCOC(F)(F)F)CC1)O2)C(=O)NS(=O)(=O)C1(C)CC1. The van der Waals surface area contributed by atoms with Crippen LogP contribution in [0, 0.1) is 11.8 Å². The molecule has 0 radical (unpaired) electrons. The number of para-hydroxylation sites is 1. The van der Waals surface area contributed by atoms with E-state index in [1.54, 1.807) is 13.0 Å². The van der Waals surface area contributed by atoms with Crippen LogP contribution < -0.4 is 46.0 Å². The first-order valence-corrected chi connectivity index (χ1v) is 28.4. The Morgan fingerprint density at radius 1 is 1.00 bits per heavy atom. The van der Waals surface area contributed by atoms with Gasteiger partial charge in [-0.25, -0.2) is 0 Å². The molecule has 21 heteroatoms. The number of likely N-dealkylation sites (tertiary alicyclic amines) is 1. The van der Waals surface area contributed by atoms with E-state index < -0.39 is 98.4 Å². The molecule has 380 valence electrons. The Morgan fingerprint density at radius 3 is 2.41 bits per heavy atom. The number of rotatable bonds is 12. The number of alkyl carbamates (subject to hydrolysis) is 1.